The Labute approximate surface area is 104 Å². The van der Waals surface area contributed by atoms with E-state index in [2.05, 4.69) is 15.9 Å². The molecular weight excluding hydrogens is 272 g/mol. The van der Waals surface area contributed by atoms with Crippen LogP contribution in [0.3, 0.4) is 0 Å². The van der Waals surface area contributed by atoms with Gasteiger partial charge in [-0.15, -0.1) is 0 Å². The van der Waals surface area contributed by atoms with Crippen LogP contribution in [0.1, 0.15) is 18.9 Å². The van der Waals surface area contributed by atoms with Gasteiger partial charge < -0.3 is 9.84 Å². The quantitative estimate of drug-likeness (QED) is 0.905. The normalized spacial score (nSPS) is 12.2. The average Bonchev–Trinajstić information content (AvgIpc) is 2.25. The van der Waals surface area contributed by atoms with Crippen LogP contribution < -0.4 is 4.74 Å². The van der Waals surface area contributed by atoms with Gasteiger partial charge in [0.15, 0.2) is 0 Å². The number of aliphatic carboxylic acids is 1. The second-order valence-electron chi connectivity index (χ2n) is 3.71. The lowest BCUT2D eigenvalue weighted by Crippen LogP contribution is -2.10. The molecule has 88 valence electrons. The molecule has 1 rings (SSSR count). The molecule has 0 aliphatic heterocycles. The summed E-state index contributed by atoms with van der Waals surface area (Å²) >= 11 is 3.40. The van der Waals surface area contributed by atoms with Gasteiger partial charge >= 0.3 is 5.97 Å². The third-order valence-corrected chi connectivity index (χ3v) is 3.15. The Morgan fingerprint density at radius 2 is 2.25 bits per heavy atom. The number of ether oxygens (including phenoxy) is 1. The average molecular weight is 287 g/mol. The minimum absolute atomic E-state index is 0.330. The molecule has 0 saturated carbocycles. The Balaban J connectivity index is 2.74. The zero-order valence-corrected chi connectivity index (χ0v) is 11.0. The maximum Gasteiger partial charge on any atom is 0.306 e. The summed E-state index contributed by atoms with van der Waals surface area (Å²) in [7, 11) is 1.62. The summed E-state index contributed by atoms with van der Waals surface area (Å²) in [6.45, 7) is 1.72. The van der Waals surface area contributed by atoms with Gasteiger partial charge in [-0.25, -0.2) is 0 Å². The molecule has 1 aromatic rings. The van der Waals surface area contributed by atoms with Gasteiger partial charge in [-0.05, 0) is 40.4 Å². The first-order valence-electron chi connectivity index (χ1n) is 5.10. The molecule has 0 fully saturated rings. The van der Waals surface area contributed by atoms with E-state index in [1.165, 1.54) is 0 Å². The summed E-state index contributed by atoms with van der Waals surface area (Å²) in [6, 6.07) is 5.79. The molecule has 3 nitrogen and oxygen atoms in total. The second-order valence-corrected chi connectivity index (χ2v) is 4.56. The monoisotopic (exact) mass is 286 g/mol. The van der Waals surface area contributed by atoms with Crippen LogP contribution >= 0.6 is 15.9 Å². The molecule has 4 heteroatoms. The van der Waals surface area contributed by atoms with Gasteiger partial charge in [-0.1, -0.05) is 19.1 Å². The number of para-hydroxylation sites is 1. The topological polar surface area (TPSA) is 46.5 Å². The third-order valence-electron chi connectivity index (χ3n) is 2.52. The van der Waals surface area contributed by atoms with Crippen molar-refractivity contribution in [1.82, 2.24) is 0 Å². The standard InChI is InChI=1S/C12H15BrO3/c1-8(12(14)15)6-7-9-4-3-5-10(13)11(9)16-2/h3-5,8H,6-7H2,1-2H3,(H,14,15). The van der Waals surface area contributed by atoms with Gasteiger partial charge in [-0.2, -0.15) is 0 Å². The van der Waals surface area contributed by atoms with Crippen molar-refractivity contribution in [2.75, 3.05) is 7.11 Å². The zero-order chi connectivity index (χ0) is 12.1. The van der Waals surface area contributed by atoms with Gasteiger partial charge in [0.1, 0.15) is 5.75 Å². The Kier molecular flexibility index (Phi) is 4.80. The molecule has 1 atom stereocenters. The number of hydrogen-bond acceptors (Lipinski definition) is 2. The van der Waals surface area contributed by atoms with Crippen molar-refractivity contribution in [2.45, 2.75) is 19.8 Å². The van der Waals surface area contributed by atoms with Gasteiger partial charge in [0, 0.05) is 0 Å². The summed E-state index contributed by atoms with van der Waals surface area (Å²) in [5, 5.41) is 8.80. The highest BCUT2D eigenvalue weighted by Gasteiger charge is 2.13. The summed E-state index contributed by atoms with van der Waals surface area (Å²) in [4.78, 5) is 10.7. The Morgan fingerprint density at radius 1 is 1.56 bits per heavy atom. The molecule has 0 bridgehead atoms. The van der Waals surface area contributed by atoms with Crippen molar-refractivity contribution < 1.29 is 14.6 Å². The Bertz CT molecular complexity index is 377. The van der Waals surface area contributed by atoms with Crippen LogP contribution in [-0.4, -0.2) is 18.2 Å². The SMILES string of the molecule is COc1c(Br)cccc1CCC(C)C(=O)O. The highest BCUT2D eigenvalue weighted by atomic mass is 79.9. The fourth-order valence-electron chi connectivity index (χ4n) is 1.47. The number of hydrogen-bond donors (Lipinski definition) is 1. The molecule has 0 aliphatic carbocycles. The van der Waals surface area contributed by atoms with Gasteiger partial charge in [-0.3, -0.25) is 4.79 Å². The van der Waals surface area contributed by atoms with E-state index in [1.54, 1.807) is 14.0 Å². The van der Waals surface area contributed by atoms with Crippen molar-refractivity contribution in [3.05, 3.63) is 28.2 Å². The maximum absolute atomic E-state index is 10.7. The summed E-state index contributed by atoms with van der Waals surface area (Å²) in [5.74, 6) is -0.294. The van der Waals surface area contributed by atoms with Gasteiger partial charge in [0.05, 0.1) is 17.5 Å². The van der Waals surface area contributed by atoms with Crippen molar-refractivity contribution >= 4 is 21.9 Å². The van der Waals surface area contributed by atoms with Crippen LogP contribution in [0.4, 0.5) is 0 Å². The van der Waals surface area contributed by atoms with E-state index >= 15 is 0 Å². The van der Waals surface area contributed by atoms with Crippen LogP contribution in [0, 0.1) is 5.92 Å². The van der Waals surface area contributed by atoms with Crippen LogP contribution in [0.2, 0.25) is 0 Å². The van der Waals surface area contributed by atoms with Crippen molar-refractivity contribution in [1.29, 1.82) is 0 Å². The lowest BCUT2D eigenvalue weighted by molar-refractivity contribution is -0.141. The smallest absolute Gasteiger partial charge is 0.306 e. The minimum Gasteiger partial charge on any atom is -0.495 e. The molecule has 1 N–H and O–H groups in total. The lowest BCUT2D eigenvalue weighted by Gasteiger charge is -2.11. The molecule has 1 aromatic carbocycles. The van der Waals surface area contributed by atoms with Gasteiger partial charge in [0.2, 0.25) is 0 Å². The van der Waals surface area contributed by atoms with Crippen LogP contribution in [0.15, 0.2) is 22.7 Å². The van der Waals surface area contributed by atoms with Crippen molar-refractivity contribution in [3.63, 3.8) is 0 Å². The molecule has 16 heavy (non-hydrogen) atoms. The number of methoxy groups -OCH3 is 1. The molecule has 0 amide bonds. The number of carbonyl (C=O) groups is 1. The van der Waals surface area contributed by atoms with E-state index in [4.69, 9.17) is 9.84 Å². The number of carboxylic acids is 1. The Morgan fingerprint density at radius 3 is 2.81 bits per heavy atom. The molecule has 1 unspecified atom stereocenters. The number of benzene rings is 1. The number of carboxylic acid groups (broad SMARTS) is 1. The first kappa shape index (κ1) is 13.0. The first-order valence-corrected chi connectivity index (χ1v) is 5.89. The molecule has 0 heterocycles. The Hall–Kier alpha value is -1.03. The van der Waals surface area contributed by atoms with Crippen LogP contribution in [-0.2, 0) is 11.2 Å². The van der Waals surface area contributed by atoms with Crippen molar-refractivity contribution in [2.24, 2.45) is 5.92 Å². The van der Waals surface area contributed by atoms with E-state index < -0.39 is 5.97 Å². The van der Waals surface area contributed by atoms with E-state index in [9.17, 15) is 4.79 Å². The minimum atomic E-state index is -0.756. The number of aryl methyl sites for hydroxylation is 1. The summed E-state index contributed by atoms with van der Waals surface area (Å²) in [6.07, 6.45) is 1.32. The van der Waals surface area contributed by atoms with Gasteiger partial charge in [0.25, 0.3) is 0 Å². The predicted octanol–water partition coefficient (Wildman–Crippen LogP) is 3.11. The largest absolute Gasteiger partial charge is 0.495 e. The predicted molar refractivity (Wildman–Crippen MR) is 65.8 cm³/mol. The maximum atomic E-state index is 10.7. The lowest BCUT2D eigenvalue weighted by atomic mass is 10.0. The summed E-state index contributed by atoms with van der Waals surface area (Å²) < 4.78 is 6.17. The third kappa shape index (κ3) is 3.23. The van der Waals surface area contributed by atoms with E-state index in [1.807, 2.05) is 18.2 Å². The van der Waals surface area contributed by atoms with Crippen LogP contribution in [0.25, 0.3) is 0 Å². The molecule has 0 radical (unpaired) electrons. The highest BCUT2D eigenvalue weighted by molar-refractivity contribution is 9.10. The molecule has 0 spiro atoms. The van der Waals surface area contributed by atoms with E-state index in [-0.39, 0.29) is 5.92 Å². The fraction of sp³-hybridized carbons (Fsp3) is 0.417. The summed E-state index contributed by atoms with van der Waals surface area (Å²) in [5.41, 5.74) is 1.03. The van der Waals surface area contributed by atoms with E-state index in [0.717, 1.165) is 15.8 Å². The molecular formula is C12H15BrO3. The van der Waals surface area contributed by atoms with Crippen LogP contribution in [0.5, 0.6) is 5.75 Å². The molecule has 0 saturated heterocycles. The fourth-order valence-corrected chi connectivity index (χ4v) is 2.04. The number of rotatable bonds is 5. The van der Waals surface area contributed by atoms with E-state index in [0.29, 0.717) is 12.8 Å². The molecule has 0 aliphatic rings. The molecule has 0 aromatic heterocycles. The highest BCUT2D eigenvalue weighted by Crippen LogP contribution is 2.30. The number of halogens is 1. The zero-order valence-electron chi connectivity index (χ0n) is 9.37. The second kappa shape index (κ2) is 5.89. The first-order chi connectivity index (χ1) is 7.56. The van der Waals surface area contributed by atoms with Crippen molar-refractivity contribution in [3.8, 4) is 5.75 Å².